The SMILES string of the molecule is O=C(NCCCCC1(NC(=O)c2ccc(F)cn2)CCCC1)c1cnccn1. The lowest BCUT2D eigenvalue weighted by Crippen LogP contribution is -2.46. The molecule has 1 saturated carbocycles. The molecular weight excluding hydrogens is 361 g/mol. The molecule has 1 fully saturated rings. The number of unbranched alkanes of at least 4 members (excludes halogenated alkanes) is 1. The summed E-state index contributed by atoms with van der Waals surface area (Å²) >= 11 is 0. The lowest BCUT2D eigenvalue weighted by atomic mass is 9.90. The van der Waals surface area contributed by atoms with Gasteiger partial charge in [0, 0.05) is 24.5 Å². The third-order valence-corrected chi connectivity index (χ3v) is 5.06. The molecular formula is C20H24FN5O2. The van der Waals surface area contributed by atoms with Gasteiger partial charge in [-0.15, -0.1) is 0 Å². The van der Waals surface area contributed by atoms with Crippen LogP contribution in [0.25, 0.3) is 0 Å². The lowest BCUT2D eigenvalue weighted by molar-refractivity contribution is 0.0887. The van der Waals surface area contributed by atoms with Gasteiger partial charge < -0.3 is 10.6 Å². The number of hydrogen-bond donors (Lipinski definition) is 2. The van der Waals surface area contributed by atoms with Crippen molar-refractivity contribution in [3.63, 3.8) is 0 Å². The average molecular weight is 385 g/mol. The summed E-state index contributed by atoms with van der Waals surface area (Å²) < 4.78 is 13.0. The van der Waals surface area contributed by atoms with Gasteiger partial charge in [-0.2, -0.15) is 0 Å². The smallest absolute Gasteiger partial charge is 0.271 e. The van der Waals surface area contributed by atoms with E-state index in [4.69, 9.17) is 0 Å². The van der Waals surface area contributed by atoms with Gasteiger partial charge in [-0.05, 0) is 44.2 Å². The maximum absolute atomic E-state index is 13.0. The van der Waals surface area contributed by atoms with Gasteiger partial charge in [0.1, 0.15) is 17.2 Å². The Bertz CT molecular complexity index is 792. The van der Waals surface area contributed by atoms with E-state index in [-0.39, 0.29) is 23.0 Å². The van der Waals surface area contributed by atoms with E-state index in [1.54, 1.807) is 0 Å². The van der Waals surface area contributed by atoms with Crippen LogP contribution < -0.4 is 10.6 Å². The molecule has 0 bridgehead atoms. The normalized spacial score (nSPS) is 15.2. The number of rotatable bonds is 8. The average Bonchev–Trinajstić information content (AvgIpc) is 3.17. The number of pyridine rings is 1. The molecule has 0 radical (unpaired) electrons. The predicted molar refractivity (Wildman–Crippen MR) is 101 cm³/mol. The first-order valence-corrected chi connectivity index (χ1v) is 9.56. The molecule has 2 aromatic rings. The molecule has 3 rings (SSSR count). The number of hydrogen-bond acceptors (Lipinski definition) is 5. The summed E-state index contributed by atoms with van der Waals surface area (Å²) in [5.74, 6) is -0.965. The van der Waals surface area contributed by atoms with E-state index < -0.39 is 5.82 Å². The summed E-state index contributed by atoms with van der Waals surface area (Å²) in [5, 5.41) is 5.96. The standard InChI is InChI=1S/C20H24FN5O2/c21-15-5-6-16(25-13-15)19(28)26-20(7-1-2-8-20)9-3-4-10-24-18(27)17-14-22-11-12-23-17/h5-6,11-14H,1-4,7-10H2,(H,24,27)(H,26,28). The molecule has 7 nitrogen and oxygen atoms in total. The number of carbonyl (C=O) groups excluding carboxylic acids is 2. The Hall–Kier alpha value is -2.90. The fraction of sp³-hybridized carbons (Fsp3) is 0.450. The minimum Gasteiger partial charge on any atom is -0.351 e. The van der Waals surface area contributed by atoms with Crippen LogP contribution in [0.15, 0.2) is 36.9 Å². The van der Waals surface area contributed by atoms with E-state index in [0.717, 1.165) is 51.1 Å². The Kier molecular flexibility index (Phi) is 6.62. The van der Waals surface area contributed by atoms with Crippen LogP contribution in [0, 0.1) is 5.82 Å². The molecule has 0 unspecified atom stereocenters. The molecule has 0 saturated heterocycles. The van der Waals surface area contributed by atoms with Crippen LogP contribution in [0.4, 0.5) is 4.39 Å². The summed E-state index contributed by atoms with van der Waals surface area (Å²) in [5.41, 5.74) is 0.278. The molecule has 0 aromatic carbocycles. The molecule has 2 N–H and O–H groups in total. The van der Waals surface area contributed by atoms with Gasteiger partial charge in [-0.3, -0.25) is 14.6 Å². The monoisotopic (exact) mass is 385 g/mol. The van der Waals surface area contributed by atoms with Gasteiger partial charge in [-0.1, -0.05) is 12.8 Å². The van der Waals surface area contributed by atoms with Gasteiger partial charge >= 0.3 is 0 Å². The fourth-order valence-electron chi connectivity index (χ4n) is 3.60. The van der Waals surface area contributed by atoms with Crippen LogP contribution in [-0.4, -0.2) is 38.8 Å². The molecule has 0 aliphatic heterocycles. The highest BCUT2D eigenvalue weighted by atomic mass is 19.1. The highest BCUT2D eigenvalue weighted by Crippen LogP contribution is 2.34. The van der Waals surface area contributed by atoms with Gasteiger partial charge in [0.05, 0.1) is 12.4 Å². The summed E-state index contributed by atoms with van der Waals surface area (Å²) in [4.78, 5) is 36.1. The molecule has 0 atom stereocenters. The van der Waals surface area contributed by atoms with Crippen molar-refractivity contribution in [1.82, 2.24) is 25.6 Å². The van der Waals surface area contributed by atoms with Gasteiger partial charge in [0.15, 0.2) is 0 Å². The van der Waals surface area contributed by atoms with E-state index in [2.05, 4.69) is 25.6 Å². The van der Waals surface area contributed by atoms with Crippen molar-refractivity contribution in [2.45, 2.75) is 50.5 Å². The van der Waals surface area contributed by atoms with Gasteiger partial charge in [0.25, 0.3) is 11.8 Å². The summed E-state index contributed by atoms with van der Waals surface area (Å²) in [7, 11) is 0. The van der Waals surface area contributed by atoms with Gasteiger partial charge in [-0.25, -0.2) is 14.4 Å². The first-order valence-electron chi connectivity index (χ1n) is 9.56. The van der Waals surface area contributed by atoms with Crippen LogP contribution in [0.2, 0.25) is 0 Å². The van der Waals surface area contributed by atoms with Crippen molar-refractivity contribution in [2.75, 3.05) is 6.54 Å². The Morgan fingerprint density at radius 1 is 1.00 bits per heavy atom. The molecule has 1 aliphatic rings. The molecule has 2 aromatic heterocycles. The maximum atomic E-state index is 13.0. The predicted octanol–water partition coefficient (Wildman–Crippen LogP) is 2.65. The second-order valence-electron chi connectivity index (χ2n) is 7.11. The third-order valence-electron chi connectivity index (χ3n) is 5.06. The van der Waals surface area contributed by atoms with Crippen molar-refractivity contribution in [2.24, 2.45) is 0 Å². The zero-order valence-corrected chi connectivity index (χ0v) is 15.7. The molecule has 1 aliphatic carbocycles. The number of carbonyl (C=O) groups is 2. The Labute approximate surface area is 163 Å². The fourth-order valence-corrected chi connectivity index (χ4v) is 3.60. The van der Waals surface area contributed by atoms with Crippen LogP contribution in [0.1, 0.15) is 65.9 Å². The van der Waals surface area contributed by atoms with Crippen LogP contribution in [0.5, 0.6) is 0 Å². The molecule has 8 heteroatoms. The quantitative estimate of drug-likeness (QED) is 0.681. The van der Waals surface area contributed by atoms with E-state index in [1.807, 2.05) is 0 Å². The molecule has 148 valence electrons. The van der Waals surface area contributed by atoms with E-state index in [0.29, 0.717) is 12.2 Å². The summed E-state index contributed by atoms with van der Waals surface area (Å²) in [6.45, 7) is 0.541. The summed E-state index contributed by atoms with van der Waals surface area (Å²) in [6.07, 6.45) is 12.0. The number of aromatic nitrogens is 3. The lowest BCUT2D eigenvalue weighted by Gasteiger charge is -2.30. The molecule has 28 heavy (non-hydrogen) atoms. The van der Waals surface area contributed by atoms with Crippen molar-refractivity contribution < 1.29 is 14.0 Å². The number of amides is 2. The van der Waals surface area contributed by atoms with Crippen LogP contribution >= 0.6 is 0 Å². The second-order valence-corrected chi connectivity index (χ2v) is 7.11. The van der Waals surface area contributed by atoms with E-state index in [1.165, 1.54) is 30.7 Å². The molecule has 2 heterocycles. The topological polar surface area (TPSA) is 96.9 Å². The Morgan fingerprint density at radius 2 is 1.82 bits per heavy atom. The number of nitrogens with one attached hydrogen (secondary N) is 2. The minimum absolute atomic E-state index is 0.226. The van der Waals surface area contributed by atoms with Crippen LogP contribution in [0.3, 0.4) is 0 Å². The Morgan fingerprint density at radius 3 is 2.50 bits per heavy atom. The van der Waals surface area contributed by atoms with Crippen LogP contribution in [-0.2, 0) is 0 Å². The minimum atomic E-state index is -0.462. The maximum Gasteiger partial charge on any atom is 0.271 e. The van der Waals surface area contributed by atoms with Crippen molar-refractivity contribution >= 4 is 11.8 Å². The van der Waals surface area contributed by atoms with Crippen molar-refractivity contribution in [3.05, 3.63) is 54.1 Å². The Balaban J connectivity index is 1.46. The largest absolute Gasteiger partial charge is 0.351 e. The molecule has 2 amide bonds. The first-order chi connectivity index (χ1) is 13.6. The van der Waals surface area contributed by atoms with Crippen molar-refractivity contribution in [3.8, 4) is 0 Å². The van der Waals surface area contributed by atoms with E-state index in [9.17, 15) is 14.0 Å². The number of halogens is 1. The third kappa shape index (κ3) is 5.31. The first kappa shape index (κ1) is 19.9. The van der Waals surface area contributed by atoms with E-state index >= 15 is 0 Å². The zero-order chi connectivity index (χ0) is 19.8. The highest BCUT2D eigenvalue weighted by Gasteiger charge is 2.35. The van der Waals surface area contributed by atoms with Crippen molar-refractivity contribution in [1.29, 1.82) is 0 Å². The number of nitrogens with zero attached hydrogens (tertiary/aromatic N) is 3. The second kappa shape index (κ2) is 9.34. The summed E-state index contributed by atoms with van der Waals surface area (Å²) in [6, 6.07) is 2.64. The van der Waals surface area contributed by atoms with Gasteiger partial charge in [0.2, 0.25) is 0 Å². The molecule has 0 spiro atoms. The zero-order valence-electron chi connectivity index (χ0n) is 15.7. The highest BCUT2D eigenvalue weighted by molar-refractivity contribution is 5.92.